The molecule has 1 saturated carbocycles. The Morgan fingerprint density at radius 3 is 2.75 bits per heavy atom. The Hall–Kier alpha value is -3.58. The van der Waals surface area contributed by atoms with Gasteiger partial charge >= 0.3 is 6.55 Å². The number of nitrogens with zero attached hydrogens (tertiary/aromatic N) is 7. The lowest BCUT2D eigenvalue weighted by Crippen LogP contribution is -2.35. The molecule has 2 fully saturated rings. The van der Waals surface area contributed by atoms with Gasteiger partial charge in [0.1, 0.15) is 27.9 Å². The molecular weight excluding hydrogens is 491 g/mol. The number of piperidine rings is 1. The number of aromatic amines is 1. The maximum atomic E-state index is 15.2. The van der Waals surface area contributed by atoms with Gasteiger partial charge in [-0.3, -0.25) is 5.10 Å². The molecule has 2 aliphatic rings. The summed E-state index contributed by atoms with van der Waals surface area (Å²) >= 11 is 1.68. The Bertz CT molecular complexity index is 1630. The van der Waals surface area contributed by atoms with Crippen molar-refractivity contribution in [3.63, 3.8) is 0 Å². The summed E-state index contributed by atoms with van der Waals surface area (Å²) in [6.45, 7) is 1.33. The fraction of sp³-hybridized carbons (Fsp3) is 0.348. The first-order valence-electron chi connectivity index (χ1n) is 11.5. The molecule has 0 unspecified atom stereocenters. The highest BCUT2D eigenvalue weighted by atomic mass is 32.1. The van der Waals surface area contributed by atoms with E-state index in [-0.39, 0.29) is 27.6 Å². The van der Waals surface area contributed by atoms with Crippen molar-refractivity contribution in [3.8, 4) is 11.3 Å². The number of rotatable bonds is 5. The third-order valence-corrected chi connectivity index (χ3v) is 8.72. The minimum atomic E-state index is -2.85. The molecule has 36 heavy (non-hydrogen) atoms. The number of thiazole rings is 1. The van der Waals surface area contributed by atoms with Gasteiger partial charge in [-0.05, 0) is 30.9 Å². The summed E-state index contributed by atoms with van der Waals surface area (Å²) < 4.78 is 41.7. The second-order valence-electron chi connectivity index (χ2n) is 9.40. The van der Waals surface area contributed by atoms with Gasteiger partial charge in [0.05, 0.1) is 17.1 Å². The number of hydrogen-bond acceptors (Lipinski definition) is 8. The van der Waals surface area contributed by atoms with Crippen LogP contribution >= 0.6 is 11.3 Å². The summed E-state index contributed by atoms with van der Waals surface area (Å²) in [5.41, 5.74) is 8.54. The van der Waals surface area contributed by atoms with E-state index in [1.807, 2.05) is 6.92 Å². The van der Waals surface area contributed by atoms with Gasteiger partial charge in [0, 0.05) is 47.9 Å². The number of H-pyrrole nitrogens is 1. The largest absolute Gasteiger partial charge is 0.355 e. The quantitative estimate of drug-likeness (QED) is 0.370. The van der Waals surface area contributed by atoms with Gasteiger partial charge in [0.25, 0.3) is 0 Å². The van der Waals surface area contributed by atoms with Crippen LogP contribution in [0.2, 0.25) is 0 Å². The van der Waals surface area contributed by atoms with Crippen LogP contribution in [0, 0.1) is 24.6 Å². The summed E-state index contributed by atoms with van der Waals surface area (Å²) in [5, 5.41) is 14.0. The van der Waals surface area contributed by atoms with Crippen LogP contribution < -0.4 is 10.6 Å². The average Bonchev–Trinajstić information content (AvgIpc) is 3.49. The van der Waals surface area contributed by atoms with Gasteiger partial charge in [0.2, 0.25) is 0 Å². The lowest BCUT2D eigenvalue weighted by molar-refractivity contribution is 0.0573. The maximum absolute atomic E-state index is 15.2. The first-order valence-corrected chi connectivity index (χ1v) is 12.3. The van der Waals surface area contributed by atoms with Crippen molar-refractivity contribution in [3.05, 3.63) is 46.4 Å². The molecule has 3 atom stereocenters. The number of alkyl halides is 2. The first kappa shape index (κ1) is 21.7. The Morgan fingerprint density at radius 1 is 1.25 bits per heavy atom. The van der Waals surface area contributed by atoms with Crippen molar-refractivity contribution in [2.75, 3.05) is 24.5 Å². The van der Waals surface area contributed by atoms with Gasteiger partial charge in [0.15, 0.2) is 5.65 Å². The fourth-order valence-corrected chi connectivity index (χ4v) is 6.83. The molecule has 5 aromatic rings. The normalized spacial score (nSPS) is 23.3. The zero-order valence-corrected chi connectivity index (χ0v) is 19.8. The highest BCUT2D eigenvalue weighted by Gasteiger charge is 2.69. The number of anilines is 1. The molecule has 7 rings (SSSR count). The molecule has 184 valence electrons. The van der Waals surface area contributed by atoms with Crippen LogP contribution in [0.25, 0.3) is 33.3 Å². The summed E-state index contributed by atoms with van der Waals surface area (Å²) in [4.78, 5) is 16.1. The number of halogens is 3. The third-order valence-electron chi connectivity index (χ3n) is 7.57. The fourth-order valence-electron chi connectivity index (χ4n) is 5.69. The van der Waals surface area contributed by atoms with Gasteiger partial charge in [-0.15, -0.1) is 11.3 Å². The van der Waals surface area contributed by atoms with E-state index < -0.39 is 12.4 Å². The Balaban J connectivity index is 1.18. The number of aryl methyl sites for hydroxylation is 1. The number of hydrogen-bond donors (Lipinski definition) is 2. The van der Waals surface area contributed by atoms with Crippen LogP contribution in [0.4, 0.5) is 19.0 Å². The maximum Gasteiger partial charge on any atom is 0.333 e. The van der Waals surface area contributed by atoms with Crippen molar-refractivity contribution in [2.24, 2.45) is 17.6 Å². The van der Waals surface area contributed by atoms with Crippen LogP contribution in [-0.4, -0.2) is 54.6 Å². The van der Waals surface area contributed by atoms with Crippen molar-refractivity contribution in [1.29, 1.82) is 0 Å². The summed E-state index contributed by atoms with van der Waals surface area (Å²) in [5.74, 6) is 0.852. The summed E-state index contributed by atoms with van der Waals surface area (Å²) in [6.07, 6.45) is 2.65. The Kier molecular flexibility index (Phi) is 4.49. The predicted octanol–water partition coefficient (Wildman–Crippen LogP) is 3.63. The second kappa shape index (κ2) is 7.46. The van der Waals surface area contributed by atoms with E-state index in [0.29, 0.717) is 40.0 Å². The number of nitrogens with two attached hydrogens (primary N) is 1. The molecule has 9 nitrogen and oxygen atoms in total. The predicted molar refractivity (Wildman–Crippen MR) is 128 cm³/mol. The molecule has 0 amide bonds. The molecular formula is C23H20F3N9S. The van der Waals surface area contributed by atoms with E-state index in [1.165, 1.54) is 12.1 Å². The van der Waals surface area contributed by atoms with Crippen molar-refractivity contribution < 1.29 is 13.2 Å². The number of fused-ring (bicyclic) bond motifs is 3. The van der Waals surface area contributed by atoms with Crippen LogP contribution in [0.1, 0.15) is 17.3 Å². The van der Waals surface area contributed by atoms with E-state index in [1.54, 1.807) is 17.5 Å². The lowest BCUT2D eigenvalue weighted by Gasteiger charge is -2.25. The zero-order chi connectivity index (χ0) is 24.8. The number of aromatic nitrogens is 7. The molecule has 1 aliphatic carbocycles. The van der Waals surface area contributed by atoms with Crippen molar-refractivity contribution >= 4 is 39.2 Å². The van der Waals surface area contributed by atoms with Crippen molar-refractivity contribution in [2.45, 2.75) is 18.9 Å². The molecule has 3 N–H and O–H groups in total. The SMILES string of the molecule is Cc1csc([C@]2(CN)[C@@H]3CN(c4cnc5c(-c6ccc7nn(C(F)F)cc7c6F)n[nH]c5n4)C[C@@H]32)n1. The highest BCUT2D eigenvalue weighted by Crippen LogP contribution is 2.63. The number of benzene rings is 1. The molecule has 13 heteroatoms. The van der Waals surface area contributed by atoms with Crippen molar-refractivity contribution in [1.82, 2.24) is 34.9 Å². The minimum Gasteiger partial charge on any atom is -0.355 e. The van der Waals surface area contributed by atoms with E-state index in [2.05, 4.69) is 30.6 Å². The molecule has 1 aliphatic heterocycles. The molecule has 0 bridgehead atoms. The molecule has 1 aromatic carbocycles. The van der Waals surface area contributed by atoms with Gasteiger partial charge in [-0.25, -0.2) is 24.0 Å². The topological polar surface area (TPSA) is 114 Å². The molecule has 1 saturated heterocycles. The molecule has 4 aromatic heterocycles. The van der Waals surface area contributed by atoms with Crippen LogP contribution in [-0.2, 0) is 5.41 Å². The monoisotopic (exact) mass is 511 g/mol. The highest BCUT2D eigenvalue weighted by molar-refractivity contribution is 7.09. The lowest BCUT2D eigenvalue weighted by atomic mass is 10.0. The van der Waals surface area contributed by atoms with Gasteiger partial charge in [-0.2, -0.15) is 19.0 Å². The van der Waals surface area contributed by atoms with Crippen LogP contribution in [0.5, 0.6) is 0 Å². The van der Waals surface area contributed by atoms with Gasteiger partial charge in [-0.1, -0.05) is 0 Å². The Morgan fingerprint density at radius 2 is 2.06 bits per heavy atom. The minimum absolute atomic E-state index is 0.0105. The summed E-state index contributed by atoms with van der Waals surface area (Å²) in [7, 11) is 0. The van der Waals surface area contributed by atoms with E-state index in [0.717, 1.165) is 30.0 Å². The van der Waals surface area contributed by atoms with Crippen LogP contribution in [0.15, 0.2) is 29.9 Å². The Labute approximate surface area is 206 Å². The van der Waals surface area contributed by atoms with Crippen LogP contribution in [0.3, 0.4) is 0 Å². The van der Waals surface area contributed by atoms with E-state index in [4.69, 9.17) is 15.7 Å². The molecule has 0 radical (unpaired) electrons. The smallest absolute Gasteiger partial charge is 0.333 e. The number of nitrogens with one attached hydrogen (secondary N) is 1. The standard InChI is InChI=1S/C23H20F3N9S/c1-10-8-36-21(29-10)23(9-27)13-6-34(7-14(13)23)16-4-28-19-18(31-32-20(19)30-16)11-2-3-15-12(17(11)24)5-35(33-15)22(25)26/h2-5,8,13-14,22H,6-7,9,27H2,1H3,(H,30,31,32)/t13-,14+,23-. The third kappa shape index (κ3) is 2.89. The second-order valence-corrected chi connectivity index (χ2v) is 10.3. The van der Waals surface area contributed by atoms with E-state index >= 15 is 4.39 Å². The molecule has 0 spiro atoms. The first-order chi connectivity index (χ1) is 17.4. The zero-order valence-electron chi connectivity index (χ0n) is 19.0. The molecule has 5 heterocycles. The average molecular weight is 512 g/mol. The van der Waals surface area contributed by atoms with E-state index in [9.17, 15) is 8.78 Å². The summed E-state index contributed by atoms with van der Waals surface area (Å²) in [6, 6.07) is 2.95. The van der Waals surface area contributed by atoms with Gasteiger partial charge < -0.3 is 10.6 Å².